The van der Waals surface area contributed by atoms with Gasteiger partial charge < -0.3 is 5.73 Å². The van der Waals surface area contributed by atoms with Crippen molar-refractivity contribution in [2.75, 3.05) is 7.05 Å². The number of hydrazone groups is 1. The second-order valence-corrected chi connectivity index (χ2v) is 5.12. The van der Waals surface area contributed by atoms with Gasteiger partial charge in [-0.1, -0.05) is 36.4 Å². The van der Waals surface area contributed by atoms with E-state index in [2.05, 4.69) is 58.0 Å². The third kappa shape index (κ3) is 2.52. The molecule has 4 nitrogen and oxygen atoms in total. The highest BCUT2D eigenvalue weighted by molar-refractivity contribution is 6.00. The van der Waals surface area contributed by atoms with Gasteiger partial charge in [-0.05, 0) is 47.2 Å². The molecule has 0 aromatic heterocycles. The van der Waals surface area contributed by atoms with Gasteiger partial charge in [0, 0.05) is 7.05 Å². The van der Waals surface area contributed by atoms with Crippen molar-refractivity contribution in [1.82, 2.24) is 5.43 Å². The first-order valence-corrected chi connectivity index (χ1v) is 6.93. The van der Waals surface area contributed by atoms with Crippen LogP contribution in [0.4, 0.5) is 0 Å². The molecule has 0 atom stereocenters. The van der Waals surface area contributed by atoms with Crippen LogP contribution in [0, 0.1) is 0 Å². The van der Waals surface area contributed by atoms with Crippen molar-refractivity contribution >= 4 is 11.7 Å². The van der Waals surface area contributed by atoms with E-state index < -0.39 is 0 Å². The first-order chi connectivity index (χ1) is 10.2. The summed E-state index contributed by atoms with van der Waals surface area (Å²) in [4.78, 5) is 3.82. The predicted octanol–water partition coefficient (Wildman–Crippen LogP) is 2.52. The van der Waals surface area contributed by atoms with Gasteiger partial charge in [-0.2, -0.15) is 5.10 Å². The summed E-state index contributed by atoms with van der Waals surface area (Å²) >= 11 is 0. The number of nitrogens with zero attached hydrogens (tertiary/aromatic N) is 2. The molecule has 0 spiro atoms. The smallest absolute Gasteiger partial charge is 0.209 e. The van der Waals surface area contributed by atoms with E-state index >= 15 is 0 Å². The molecular weight excluding hydrogens is 260 g/mol. The number of rotatable bonds is 2. The molecule has 0 aliphatic heterocycles. The lowest BCUT2D eigenvalue weighted by Crippen LogP contribution is -2.27. The Morgan fingerprint density at radius 3 is 2.67 bits per heavy atom. The third-order valence-electron chi connectivity index (χ3n) is 3.79. The number of fused-ring (bicyclic) bond motifs is 3. The van der Waals surface area contributed by atoms with Gasteiger partial charge in [0.1, 0.15) is 0 Å². The van der Waals surface area contributed by atoms with Crippen LogP contribution in [0.5, 0.6) is 0 Å². The van der Waals surface area contributed by atoms with Crippen LogP contribution in [0.25, 0.3) is 11.1 Å². The lowest BCUT2D eigenvalue weighted by Gasteiger charge is -2.06. The van der Waals surface area contributed by atoms with Crippen LogP contribution < -0.4 is 11.2 Å². The molecule has 0 amide bonds. The zero-order valence-corrected chi connectivity index (χ0v) is 12.2. The number of nitrogens with one attached hydrogen (secondary N) is 1. The zero-order valence-electron chi connectivity index (χ0n) is 12.2. The molecule has 21 heavy (non-hydrogen) atoms. The SMILES string of the molecule is CN=C(N)N/N=C(/C)c1ccc2c(c1)Cc1ccccc1-2. The highest BCUT2D eigenvalue weighted by Gasteiger charge is 2.18. The fourth-order valence-corrected chi connectivity index (χ4v) is 2.63. The second-order valence-electron chi connectivity index (χ2n) is 5.12. The van der Waals surface area contributed by atoms with Crippen molar-refractivity contribution in [3.05, 3.63) is 59.2 Å². The molecule has 0 saturated carbocycles. The molecule has 3 rings (SSSR count). The van der Waals surface area contributed by atoms with Crippen molar-refractivity contribution in [3.8, 4) is 11.1 Å². The Hall–Kier alpha value is -2.62. The largest absolute Gasteiger partial charge is 0.369 e. The van der Waals surface area contributed by atoms with Crippen LogP contribution in [0.3, 0.4) is 0 Å². The van der Waals surface area contributed by atoms with Crippen molar-refractivity contribution in [2.24, 2.45) is 15.8 Å². The minimum atomic E-state index is 0.308. The molecule has 0 unspecified atom stereocenters. The fraction of sp³-hybridized carbons (Fsp3) is 0.176. The Morgan fingerprint density at radius 2 is 1.86 bits per heavy atom. The normalized spacial score (nSPS) is 13.8. The van der Waals surface area contributed by atoms with Gasteiger partial charge in [0.2, 0.25) is 5.96 Å². The molecule has 0 bridgehead atoms. The van der Waals surface area contributed by atoms with Crippen molar-refractivity contribution in [3.63, 3.8) is 0 Å². The molecule has 2 aromatic rings. The summed E-state index contributed by atoms with van der Waals surface area (Å²) in [6, 6.07) is 15.0. The van der Waals surface area contributed by atoms with Crippen molar-refractivity contribution < 1.29 is 0 Å². The number of nitrogens with two attached hydrogens (primary N) is 1. The van der Waals surface area contributed by atoms with E-state index in [9.17, 15) is 0 Å². The van der Waals surface area contributed by atoms with Gasteiger partial charge in [0.25, 0.3) is 0 Å². The van der Waals surface area contributed by atoms with Crippen LogP contribution in [-0.2, 0) is 6.42 Å². The van der Waals surface area contributed by atoms with Crippen LogP contribution in [0.1, 0.15) is 23.6 Å². The Bertz CT molecular complexity index is 744. The van der Waals surface area contributed by atoms with Crippen molar-refractivity contribution in [2.45, 2.75) is 13.3 Å². The summed E-state index contributed by atoms with van der Waals surface area (Å²) < 4.78 is 0. The van der Waals surface area contributed by atoms with Gasteiger partial charge >= 0.3 is 0 Å². The predicted molar refractivity (Wildman–Crippen MR) is 87.6 cm³/mol. The molecule has 4 heteroatoms. The van der Waals surface area contributed by atoms with Gasteiger partial charge in [-0.15, -0.1) is 0 Å². The maximum Gasteiger partial charge on any atom is 0.209 e. The molecule has 1 aliphatic carbocycles. The Morgan fingerprint density at radius 1 is 1.10 bits per heavy atom. The number of hydrogen-bond donors (Lipinski definition) is 2. The molecule has 0 saturated heterocycles. The fourth-order valence-electron chi connectivity index (χ4n) is 2.63. The molecular formula is C17H18N4. The average molecular weight is 278 g/mol. The maximum atomic E-state index is 5.58. The topological polar surface area (TPSA) is 62.8 Å². The Kier molecular flexibility index (Phi) is 3.44. The average Bonchev–Trinajstić information content (AvgIpc) is 2.89. The number of aliphatic imine (C=N–C) groups is 1. The van der Waals surface area contributed by atoms with Gasteiger partial charge in [-0.25, -0.2) is 5.43 Å². The molecule has 0 fully saturated rings. The maximum absolute atomic E-state index is 5.58. The van der Waals surface area contributed by atoms with E-state index in [-0.39, 0.29) is 0 Å². The summed E-state index contributed by atoms with van der Waals surface area (Å²) in [5, 5.41) is 4.25. The van der Waals surface area contributed by atoms with Crippen molar-refractivity contribution in [1.29, 1.82) is 0 Å². The molecule has 106 valence electrons. The summed E-state index contributed by atoms with van der Waals surface area (Å²) in [7, 11) is 1.62. The molecule has 1 aliphatic rings. The van der Waals surface area contributed by atoms with Crippen LogP contribution in [-0.4, -0.2) is 18.7 Å². The minimum absolute atomic E-state index is 0.308. The van der Waals surface area contributed by atoms with E-state index in [0.717, 1.165) is 17.7 Å². The van der Waals surface area contributed by atoms with E-state index in [0.29, 0.717) is 5.96 Å². The monoisotopic (exact) mass is 278 g/mol. The minimum Gasteiger partial charge on any atom is -0.369 e. The summed E-state index contributed by atoms with van der Waals surface area (Å²) in [6.45, 7) is 1.96. The third-order valence-corrected chi connectivity index (χ3v) is 3.79. The van der Waals surface area contributed by atoms with E-state index in [1.54, 1.807) is 7.05 Å². The van der Waals surface area contributed by atoms with Gasteiger partial charge in [0.05, 0.1) is 5.71 Å². The van der Waals surface area contributed by atoms with Gasteiger partial charge in [0.15, 0.2) is 0 Å². The zero-order chi connectivity index (χ0) is 14.8. The van der Waals surface area contributed by atoms with Crippen LogP contribution >= 0.6 is 0 Å². The van der Waals surface area contributed by atoms with E-state index in [4.69, 9.17) is 5.73 Å². The molecule has 0 heterocycles. The molecule has 2 aromatic carbocycles. The number of benzene rings is 2. The van der Waals surface area contributed by atoms with E-state index in [1.807, 2.05) is 6.92 Å². The highest BCUT2D eigenvalue weighted by atomic mass is 15.4. The Balaban J connectivity index is 1.90. The van der Waals surface area contributed by atoms with E-state index in [1.165, 1.54) is 22.3 Å². The summed E-state index contributed by atoms with van der Waals surface area (Å²) in [6.07, 6.45) is 0.985. The Labute approximate surface area is 124 Å². The second kappa shape index (κ2) is 5.40. The lowest BCUT2D eigenvalue weighted by atomic mass is 10.0. The molecule has 0 radical (unpaired) electrons. The van der Waals surface area contributed by atoms with Crippen LogP contribution in [0.2, 0.25) is 0 Å². The van der Waals surface area contributed by atoms with Gasteiger partial charge in [-0.3, -0.25) is 4.99 Å². The number of guanidine groups is 1. The standard InChI is InChI=1S/C17H18N4/c1-11(20-21-17(18)19-2)12-7-8-16-14(9-12)10-13-5-3-4-6-15(13)16/h3-9H,10H2,1-2H3,(H3,18,19,21)/b20-11-. The lowest BCUT2D eigenvalue weighted by molar-refractivity contribution is 0.997. The first-order valence-electron chi connectivity index (χ1n) is 6.93. The van der Waals surface area contributed by atoms with Crippen LogP contribution in [0.15, 0.2) is 52.6 Å². The highest BCUT2D eigenvalue weighted by Crippen LogP contribution is 2.36. The molecule has 3 N–H and O–H groups in total. The first kappa shape index (κ1) is 13.4. The summed E-state index contributed by atoms with van der Waals surface area (Å²) in [5.41, 5.74) is 15.7. The quantitative estimate of drug-likeness (QED) is 0.430. The summed E-state index contributed by atoms with van der Waals surface area (Å²) in [5.74, 6) is 0.308. The number of hydrogen-bond acceptors (Lipinski definition) is 2.